The van der Waals surface area contributed by atoms with Crippen molar-refractivity contribution in [2.24, 2.45) is 0 Å². The maximum absolute atomic E-state index is 13.4. The van der Waals surface area contributed by atoms with Crippen LogP contribution in [-0.4, -0.2) is 36.1 Å². The largest absolute Gasteiger partial charge is 0.478 e. The zero-order chi connectivity index (χ0) is 24.6. The molecule has 0 bridgehead atoms. The Bertz CT molecular complexity index is 1600. The predicted molar refractivity (Wildman–Crippen MR) is 129 cm³/mol. The van der Waals surface area contributed by atoms with Gasteiger partial charge in [-0.1, -0.05) is 42.5 Å². The Hall–Kier alpha value is -4.04. The molecule has 1 N–H and O–H groups in total. The number of fused-ring (bicyclic) bond motifs is 1. The number of benzene rings is 3. The second-order valence-electron chi connectivity index (χ2n) is 8.02. The minimum absolute atomic E-state index is 0.0584. The van der Waals surface area contributed by atoms with Crippen LogP contribution >= 0.6 is 0 Å². The van der Waals surface area contributed by atoms with Gasteiger partial charge in [-0.3, -0.25) is 14.2 Å². The van der Waals surface area contributed by atoms with E-state index in [0.29, 0.717) is 27.5 Å². The highest BCUT2D eigenvalue weighted by Crippen LogP contribution is 2.32. The normalized spacial score (nSPS) is 11.5. The monoisotopic (exact) mass is 475 g/mol. The third-order valence-corrected chi connectivity index (χ3v) is 6.75. The second kappa shape index (κ2) is 8.72. The van der Waals surface area contributed by atoms with Crippen LogP contribution in [0.4, 0.5) is 0 Å². The van der Waals surface area contributed by atoms with E-state index in [9.17, 15) is 27.9 Å². The maximum atomic E-state index is 13.4. The van der Waals surface area contributed by atoms with E-state index >= 15 is 0 Å². The lowest BCUT2D eigenvalue weighted by atomic mass is 9.94. The van der Waals surface area contributed by atoms with E-state index in [0.717, 1.165) is 6.26 Å². The molecule has 1 heterocycles. The molecule has 0 aliphatic rings. The average Bonchev–Trinajstić information content (AvgIpc) is 2.80. The Balaban J connectivity index is 1.98. The van der Waals surface area contributed by atoms with Gasteiger partial charge in [0.15, 0.2) is 15.6 Å². The first-order chi connectivity index (χ1) is 16.1. The molecule has 172 valence electrons. The second-order valence-corrected chi connectivity index (χ2v) is 10.0. The zero-order valence-electron chi connectivity index (χ0n) is 18.5. The number of aromatic carboxylic acids is 1. The third-order valence-electron chi connectivity index (χ3n) is 5.62. The lowest BCUT2D eigenvalue weighted by molar-refractivity contribution is 0.0696. The molecular weight excluding hydrogens is 454 g/mol. The van der Waals surface area contributed by atoms with Crippen LogP contribution < -0.4 is 5.56 Å². The number of hydrogen-bond acceptors (Lipinski definition) is 5. The first kappa shape index (κ1) is 23.1. The topological polar surface area (TPSA) is 111 Å². The molecule has 8 heteroatoms. The fourth-order valence-corrected chi connectivity index (χ4v) is 4.64. The van der Waals surface area contributed by atoms with Gasteiger partial charge in [0, 0.05) is 24.1 Å². The first-order valence-electron chi connectivity index (χ1n) is 10.4. The summed E-state index contributed by atoms with van der Waals surface area (Å²) < 4.78 is 24.9. The minimum Gasteiger partial charge on any atom is -0.478 e. The maximum Gasteiger partial charge on any atom is 0.335 e. The fraction of sp³-hybridized carbons (Fsp3) is 0.115. The van der Waals surface area contributed by atoms with Crippen molar-refractivity contribution in [3.05, 3.63) is 100.0 Å². The van der Waals surface area contributed by atoms with Crippen LogP contribution in [0.2, 0.25) is 0 Å². The summed E-state index contributed by atoms with van der Waals surface area (Å²) in [6, 6.07) is 19.3. The molecule has 0 aliphatic carbocycles. The highest BCUT2D eigenvalue weighted by Gasteiger charge is 2.21. The number of rotatable bonds is 6. The molecule has 0 amide bonds. The van der Waals surface area contributed by atoms with Crippen LogP contribution in [-0.2, 0) is 16.4 Å². The molecule has 3 aromatic carbocycles. The smallest absolute Gasteiger partial charge is 0.335 e. The van der Waals surface area contributed by atoms with Crippen LogP contribution in [0.1, 0.15) is 33.3 Å². The number of aromatic nitrogens is 1. The van der Waals surface area contributed by atoms with Gasteiger partial charge in [0.05, 0.1) is 22.7 Å². The van der Waals surface area contributed by atoms with Gasteiger partial charge in [-0.25, -0.2) is 13.2 Å². The Morgan fingerprint density at radius 2 is 1.47 bits per heavy atom. The van der Waals surface area contributed by atoms with Crippen LogP contribution in [0, 0.1) is 0 Å². The molecule has 34 heavy (non-hydrogen) atoms. The molecule has 0 saturated carbocycles. The highest BCUT2D eigenvalue weighted by atomic mass is 32.2. The van der Waals surface area contributed by atoms with Gasteiger partial charge in [0.25, 0.3) is 5.56 Å². The summed E-state index contributed by atoms with van der Waals surface area (Å²) in [7, 11) is -3.37. The van der Waals surface area contributed by atoms with Gasteiger partial charge in [-0.2, -0.15) is 0 Å². The van der Waals surface area contributed by atoms with Crippen molar-refractivity contribution in [3.8, 4) is 11.1 Å². The number of carboxylic acids is 1. The van der Waals surface area contributed by atoms with Crippen molar-refractivity contribution in [2.45, 2.75) is 18.4 Å². The molecular formula is C26H21NO6S. The quantitative estimate of drug-likeness (QED) is 0.422. The summed E-state index contributed by atoms with van der Waals surface area (Å²) in [6.45, 7) is 1.44. The van der Waals surface area contributed by atoms with E-state index in [1.165, 1.54) is 35.8 Å². The summed E-state index contributed by atoms with van der Waals surface area (Å²) in [6.07, 6.45) is 1.12. The standard InChI is InChI=1S/C26H21NO6S/c1-16(28)24-23(18-9-11-19(12-10-18)26(30)31)21-5-3-4-6-22(21)25(29)27(24)15-17-7-13-20(14-8-17)34(2,32)33/h3-14H,15H2,1-2H3,(H,30,31). The molecule has 0 spiro atoms. The van der Waals surface area contributed by atoms with E-state index in [1.54, 1.807) is 48.5 Å². The van der Waals surface area contributed by atoms with Crippen LogP contribution in [0.25, 0.3) is 21.9 Å². The number of nitrogens with zero attached hydrogens (tertiary/aromatic N) is 1. The van der Waals surface area contributed by atoms with Crippen molar-refractivity contribution in [2.75, 3.05) is 6.26 Å². The number of pyridine rings is 1. The summed E-state index contributed by atoms with van der Waals surface area (Å²) in [5.41, 5.74) is 1.74. The zero-order valence-corrected chi connectivity index (χ0v) is 19.3. The third kappa shape index (κ3) is 4.27. The highest BCUT2D eigenvalue weighted by molar-refractivity contribution is 7.90. The van der Waals surface area contributed by atoms with E-state index in [1.807, 2.05) is 0 Å². The molecule has 4 aromatic rings. The van der Waals surface area contributed by atoms with Gasteiger partial charge in [0.2, 0.25) is 0 Å². The summed E-state index contributed by atoms with van der Waals surface area (Å²) >= 11 is 0. The van der Waals surface area contributed by atoms with Crippen molar-refractivity contribution in [1.29, 1.82) is 0 Å². The van der Waals surface area contributed by atoms with E-state index in [-0.39, 0.29) is 34.0 Å². The SMILES string of the molecule is CC(=O)c1c(-c2ccc(C(=O)O)cc2)c2ccccc2c(=O)n1Cc1ccc(S(C)(=O)=O)cc1. The molecule has 0 radical (unpaired) electrons. The Kier molecular flexibility index (Phi) is 5.93. The van der Waals surface area contributed by atoms with Crippen LogP contribution in [0.5, 0.6) is 0 Å². The number of carboxylic acid groups (broad SMARTS) is 1. The van der Waals surface area contributed by atoms with Gasteiger partial charge in [-0.05, 0) is 46.8 Å². The Morgan fingerprint density at radius 1 is 0.882 bits per heavy atom. The van der Waals surface area contributed by atoms with Gasteiger partial charge in [-0.15, -0.1) is 0 Å². The number of Topliss-reactive ketones (excluding diaryl/α,β-unsaturated/α-hetero) is 1. The lowest BCUT2D eigenvalue weighted by Crippen LogP contribution is -2.27. The van der Waals surface area contributed by atoms with E-state index in [4.69, 9.17) is 0 Å². The van der Waals surface area contributed by atoms with Gasteiger partial charge in [0.1, 0.15) is 0 Å². The molecule has 1 aromatic heterocycles. The molecule has 0 fully saturated rings. The van der Waals surface area contributed by atoms with Gasteiger partial charge < -0.3 is 5.11 Å². The molecule has 0 unspecified atom stereocenters. The number of sulfone groups is 1. The predicted octanol–water partition coefficient (Wildman–Crippen LogP) is 4.02. The van der Waals surface area contributed by atoms with E-state index < -0.39 is 15.8 Å². The fourth-order valence-electron chi connectivity index (χ4n) is 4.01. The Morgan fingerprint density at radius 3 is 2.00 bits per heavy atom. The lowest BCUT2D eigenvalue weighted by Gasteiger charge is -2.19. The van der Waals surface area contributed by atoms with Crippen molar-refractivity contribution < 1.29 is 23.1 Å². The first-order valence-corrected chi connectivity index (χ1v) is 12.3. The van der Waals surface area contributed by atoms with Crippen LogP contribution in [0.3, 0.4) is 0 Å². The summed E-state index contributed by atoms with van der Waals surface area (Å²) in [4.78, 5) is 37.8. The number of carbonyl (C=O) groups excluding carboxylic acids is 1. The molecule has 7 nitrogen and oxygen atoms in total. The van der Waals surface area contributed by atoms with E-state index in [2.05, 4.69) is 0 Å². The van der Waals surface area contributed by atoms with Gasteiger partial charge >= 0.3 is 5.97 Å². The van der Waals surface area contributed by atoms with Crippen molar-refractivity contribution in [1.82, 2.24) is 4.57 Å². The van der Waals surface area contributed by atoms with Crippen molar-refractivity contribution >= 4 is 32.4 Å². The molecule has 0 aliphatic heterocycles. The average molecular weight is 476 g/mol. The summed E-state index contributed by atoms with van der Waals surface area (Å²) in [5.74, 6) is -1.39. The molecule has 4 rings (SSSR count). The number of ketones is 1. The number of hydrogen-bond donors (Lipinski definition) is 1. The summed E-state index contributed by atoms with van der Waals surface area (Å²) in [5, 5.41) is 10.2. The van der Waals surface area contributed by atoms with Crippen LogP contribution in [0.15, 0.2) is 82.5 Å². The minimum atomic E-state index is -3.37. The molecule has 0 atom stereocenters. The molecule has 0 saturated heterocycles. The Labute approximate surface area is 195 Å². The van der Waals surface area contributed by atoms with Crippen molar-refractivity contribution in [3.63, 3.8) is 0 Å². The number of carbonyl (C=O) groups is 2.